The molecule has 0 saturated heterocycles. The molecule has 96 valence electrons. The first-order chi connectivity index (χ1) is 7.51. The number of rotatable bonds is 1. The molecule has 0 saturated carbocycles. The van der Waals surface area contributed by atoms with Crippen molar-refractivity contribution >= 4 is 0 Å². The van der Waals surface area contributed by atoms with Crippen LogP contribution in [0.3, 0.4) is 0 Å². The van der Waals surface area contributed by atoms with Gasteiger partial charge in [0.05, 0.1) is 0 Å². The molecular weight excluding hydrogens is 218 g/mol. The van der Waals surface area contributed by atoms with E-state index in [1.54, 1.807) is 12.1 Å². The Balaban J connectivity index is 3.40. The third-order valence-electron chi connectivity index (χ3n) is 2.94. The molecule has 1 rings (SSSR count). The van der Waals surface area contributed by atoms with Gasteiger partial charge in [-0.25, -0.2) is 8.78 Å². The van der Waals surface area contributed by atoms with Gasteiger partial charge in [0.15, 0.2) is 0 Å². The molecule has 0 aliphatic carbocycles. The van der Waals surface area contributed by atoms with Crippen LogP contribution in [0.4, 0.5) is 8.78 Å². The van der Waals surface area contributed by atoms with E-state index in [1.807, 2.05) is 47.6 Å². The van der Waals surface area contributed by atoms with E-state index < -0.39 is 6.43 Å². The SMILES string of the molecule is CC(C)(C)c1cc(C(F)F)cc(C(C)(C)C)c1. The molecule has 0 N–H and O–H groups in total. The monoisotopic (exact) mass is 240 g/mol. The van der Waals surface area contributed by atoms with E-state index in [0.29, 0.717) is 0 Å². The van der Waals surface area contributed by atoms with Crippen LogP contribution in [-0.4, -0.2) is 0 Å². The van der Waals surface area contributed by atoms with Gasteiger partial charge in [0, 0.05) is 5.56 Å². The van der Waals surface area contributed by atoms with Gasteiger partial charge in [0.2, 0.25) is 0 Å². The van der Waals surface area contributed by atoms with Gasteiger partial charge < -0.3 is 0 Å². The molecule has 1 aromatic rings. The molecule has 0 atom stereocenters. The van der Waals surface area contributed by atoms with Gasteiger partial charge in [-0.05, 0) is 34.1 Å². The van der Waals surface area contributed by atoms with E-state index >= 15 is 0 Å². The molecule has 0 spiro atoms. The molecular formula is C15H22F2. The molecule has 0 amide bonds. The highest BCUT2D eigenvalue weighted by molar-refractivity contribution is 5.37. The summed E-state index contributed by atoms with van der Waals surface area (Å²) >= 11 is 0. The van der Waals surface area contributed by atoms with Crippen molar-refractivity contribution in [2.45, 2.75) is 58.8 Å². The fourth-order valence-corrected chi connectivity index (χ4v) is 1.64. The Morgan fingerprint density at radius 2 is 1.12 bits per heavy atom. The molecule has 0 heterocycles. The minimum absolute atomic E-state index is 0.106. The van der Waals surface area contributed by atoms with Crippen LogP contribution in [0, 0.1) is 0 Å². The standard InChI is InChI=1S/C15H22F2/c1-14(2,3)11-7-10(13(16)17)8-12(9-11)15(4,5)6/h7-9,13H,1-6H3. The fraction of sp³-hybridized carbons (Fsp3) is 0.600. The van der Waals surface area contributed by atoms with Gasteiger partial charge in [-0.2, -0.15) is 0 Å². The number of halogens is 2. The summed E-state index contributed by atoms with van der Waals surface area (Å²) in [6.07, 6.45) is -2.40. The largest absolute Gasteiger partial charge is 0.263 e. The zero-order chi connectivity index (χ0) is 13.4. The van der Waals surface area contributed by atoms with E-state index in [-0.39, 0.29) is 16.4 Å². The summed E-state index contributed by atoms with van der Waals surface area (Å²) in [5.74, 6) is 0. The second kappa shape index (κ2) is 4.40. The van der Waals surface area contributed by atoms with Crippen LogP contribution in [0.25, 0.3) is 0 Å². The van der Waals surface area contributed by atoms with E-state index in [1.165, 1.54) is 0 Å². The molecule has 0 aliphatic rings. The summed E-state index contributed by atoms with van der Waals surface area (Å²) in [4.78, 5) is 0. The molecule has 0 fully saturated rings. The van der Waals surface area contributed by atoms with E-state index in [2.05, 4.69) is 0 Å². The highest BCUT2D eigenvalue weighted by atomic mass is 19.3. The van der Waals surface area contributed by atoms with Crippen LogP contribution in [0.1, 0.15) is 64.7 Å². The average Bonchev–Trinajstić information content (AvgIpc) is 2.14. The lowest BCUT2D eigenvalue weighted by Gasteiger charge is -2.26. The van der Waals surface area contributed by atoms with Gasteiger partial charge in [0.1, 0.15) is 0 Å². The van der Waals surface area contributed by atoms with Gasteiger partial charge in [-0.1, -0.05) is 47.6 Å². The van der Waals surface area contributed by atoms with Crippen LogP contribution in [0.2, 0.25) is 0 Å². The number of hydrogen-bond acceptors (Lipinski definition) is 0. The first kappa shape index (κ1) is 14.1. The van der Waals surface area contributed by atoms with Gasteiger partial charge >= 0.3 is 0 Å². The predicted octanol–water partition coefficient (Wildman–Crippen LogP) is 5.22. The molecule has 0 aliphatic heterocycles. The maximum absolute atomic E-state index is 12.9. The maximum Gasteiger partial charge on any atom is 0.263 e. The van der Waals surface area contributed by atoms with Gasteiger partial charge in [-0.3, -0.25) is 0 Å². The summed E-state index contributed by atoms with van der Waals surface area (Å²) in [6.45, 7) is 12.3. The fourth-order valence-electron chi connectivity index (χ4n) is 1.64. The zero-order valence-electron chi connectivity index (χ0n) is 11.6. The van der Waals surface area contributed by atoms with Crippen molar-refractivity contribution in [2.24, 2.45) is 0 Å². The lowest BCUT2D eigenvalue weighted by molar-refractivity contribution is 0.151. The summed E-state index contributed by atoms with van der Waals surface area (Å²) in [5.41, 5.74) is 1.86. The normalized spacial score (nSPS) is 13.2. The quantitative estimate of drug-likeness (QED) is 0.631. The number of hydrogen-bond donors (Lipinski definition) is 0. The Hall–Kier alpha value is -0.920. The molecule has 0 radical (unpaired) electrons. The Bertz CT molecular complexity index is 360. The number of benzene rings is 1. The van der Waals surface area contributed by atoms with E-state index in [9.17, 15) is 8.78 Å². The minimum atomic E-state index is -2.40. The molecule has 0 bridgehead atoms. The lowest BCUT2D eigenvalue weighted by Crippen LogP contribution is -2.17. The molecule has 17 heavy (non-hydrogen) atoms. The van der Waals surface area contributed by atoms with E-state index in [0.717, 1.165) is 11.1 Å². The lowest BCUT2D eigenvalue weighted by atomic mass is 9.79. The molecule has 2 heteroatoms. The van der Waals surface area contributed by atoms with Crippen molar-refractivity contribution in [3.63, 3.8) is 0 Å². The highest BCUT2D eigenvalue weighted by Crippen LogP contribution is 2.33. The maximum atomic E-state index is 12.9. The zero-order valence-corrected chi connectivity index (χ0v) is 11.6. The van der Waals surface area contributed by atoms with Crippen LogP contribution in [0.15, 0.2) is 18.2 Å². The van der Waals surface area contributed by atoms with Crippen LogP contribution < -0.4 is 0 Å². The van der Waals surface area contributed by atoms with E-state index in [4.69, 9.17) is 0 Å². The average molecular weight is 240 g/mol. The van der Waals surface area contributed by atoms with Gasteiger partial charge in [-0.15, -0.1) is 0 Å². The van der Waals surface area contributed by atoms with Crippen LogP contribution in [-0.2, 0) is 10.8 Å². The molecule has 0 nitrogen and oxygen atoms in total. The number of alkyl halides is 2. The molecule has 0 unspecified atom stereocenters. The Labute approximate surface area is 103 Å². The van der Waals surface area contributed by atoms with Crippen LogP contribution in [0.5, 0.6) is 0 Å². The second-order valence-corrected chi connectivity index (χ2v) is 6.64. The smallest absolute Gasteiger partial charge is 0.205 e. The third kappa shape index (κ3) is 3.52. The Morgan fingerprint density at radius 3 is 1.35 bits per heavy atom. The van der Waals surface area contributed by atoms with Crippen molar-refractivity contribution in [2.75, 3.05) is 0 Å². The third-order valence-corrected chi connectivity index (χ3v) is 2.94. The second-order valence-electron chi connectivity index (χ2n) is 6.64. The summed E-state index contributed by atoms with van der Waals surface area (Å²) < 4.78 is 25.8. The van der Waals surface area contributed by atoms with Crippen molar-refractivity contribution in [1.82, 2.24) is 0 Å². The van der Waals surface area contributed by atoms with Crippen LogP contribution >= 0.6 is 0 Å². The minimum Gasteiger partial charge on any atom is -0.205 e. The van der Waals surface area contributed by atoms with Crippen molar-refractivity contribution < 1.29 is 8.78 Å². The van der Waals surface area contributed by atoms with Gasteiger partial charge in [0.25, 0.3) is 6.43 Å². The summed E-state index contributed by atoms with van der Waals surface area (Å²) in [5, 5.41) is 0. The van der Waals surface area contributed by atoms with Crippen molar-refractivity contribution in [3.8, 4) is 0 Å². The molecule has 0 aromatic heterocycles. The Kier molecular flexibility index (Phi) is 3.66. The molecule has 1 aromatic carbocycles. The van der Waals surface area contributed by atoms with Crippen molar-refractivity contribution in [1.29, 1.82) is 0 Å². The highest BCUT2D eigenvalue weighted by Gasteiger charge is 2.22. The first-order valence-corrected chi connectivity index (χ1v) is 5.96. The first-order valence-electron chi connectivity index (χ1n) is 5.96. The van der Waals surface area contributed by atoms with Crippen molar-refractivity contribution in [3.05, 3.63) is 34.9 Å². The predicted molar refractivity (Wildman–Crippen MR) is 68.8 cm³/mol. The summed E-state index contributed by atoms with van der Waals surface area (Å²) in [6, 6.07) is 5.30. The summed E-state index contributed by atoms with van der Waals surface area (Å²) in [7, 11) is 0. The topological polar surface area (TPSA) is 0 Å². The Morgan fingerprint density at radius 1 is 0.765 bits per heavy atom.